The van der Waals surface area contributed by atoms with Gasteiger partial charge in [-0.3, -0.25) is 4.79 Å². The van der Waals surface area contributed by atoms with Crippen molar-refractivity contribution in [1.29, 1.82) is 0 Å². The fraction of sp³-hybridized carbons (Fsp3) is 0.597. The first-order chi connectivity index (χ1) is 29.8. The smallest absolute Gasteiger partial charge is 0.202 e. The van der Waals surface area contributed by atoms with Crippen molar-refractivity contribution in [3.05, 3.63) is 140 Å². The van der Waals surface area contributed by atoms with E-state index in [4.69, 9.17) is 0 Å². The van der Waals surface area contributed by atoms with Gasteiger partial charge in [0.05, 0.1) is 0 Å². The summed E-state index contributed by atoms with van der Waals surface area (Å²) in [4.78, 5) is 13.4. The van der Waals surface area contributed by atoms with E-state index in [2.05, 4.69) is 190 Å². The van der Waals surface area contributed by atoms with Crippen LogP contribution in [0.2, 0.25) is 0 Å². The predicted molar refractivity (Wildman–Crippen MR) is 287 cm³/mol. The third kappa shape index (κ3) is 35.6. The van der Waals surface area contributed by atoms with Crippen LogP contribution >= 0.6 is 0 Å². The number of rotatable bonds is 33. The lowest BCUT2D eigenvalue weighted by atomic mass is 9.76. The number of hydrogen-bond donors (Lipinski definition) is 0. The Morgan fingerprint density at radius 1 is 0.302 bits per heavy atom. The molecule has 0 aromatic heterocycles. The third-order valence-corrected chi connectivity index (χ3v) is 12.0. The average Bonchev–Trinajstić information content (AvgIpc) is 3.18. The second-order valence-corrected chi connectivity index (χ2v) is 20.2. The second kappa shape index (κ2) is 36.8. The molecule has 353 valence electrons. The van der Waals surface area contributed by atoms with Gasteiger partial charge in [-0.25, -0.2) is 0 Å². The molecule has 0 saturated carbocycles. The molecule has 0 bridgehead atoms. The maximum Gasteiger partial charge on any atom is 0.202 e. The van der Waals surface area contributed by atoms with Crippen LogP contribution in [0.1, 0.15) is 226 Å². The summed E-state index contributed by atoms with van der Waals surface area (Å²) < 4.78 is 0. The highest BCUT2D eigenvalue weighted by molar-refractivity contribution is 5.57. The van der Waals surface area contributed by atoms with Crippen molar-refractivity contribution in [2.75, 3.05) is 0 Å². The molecule has 0 amide bonds. The summed E-state index contributed by atoms with van der Waals surface area (Å²) in [6.45, 7) is 35.6. The summed E-state index contributed by atoms with van der Waals surface area (Å²) >= 11 is 0. The summed E-state index contributed by atoms with van der Waals surface area (Å²) in [5.74, 6) is -0.0408. The van der Waals surface area contributed by atoms with E-state index < -0.39 is 0 Å². The molecule has 2 atom stereocenters. The maximum atomic E-state index is 13.4. The molecule has 0 saturated heterocycles. The van der Waals surface area contributed by atoms with Gasteiger partial charge in [0.2, 0.25) is 6.29 Å². The van der Waals surface area contributed by atoms with Gasteiger partial charge in [0.1, 0.15) is 0 Å². The van der Waals surface area contributed by atoms with E-state index in [-0.39, 0.29) is 17.8 Å². The first-order valence-corrected chi connectivity index (χ1v) is 25.0. The Bertz CT molecular complexity index is 1550. The van der Waals surface area contributed by atoms with E-state index >= 15 is 0 Å². The van der Waals surface area contributed by atoms with E-state index in [1.54, 1.807) is 0 Å². The Labute approximate surface area is 393 Å². The third-order valence-electron chi connectivity index (χ3n) is 12.0. The Morgan fingerprint density at radius 2 is 0.508 bits per heavy atom. The highest BCUT2D eigenvalue weighted by atomic mass is 16.1. The van der Waals surface area contributed by atoms with Crippen molar-refractivity contribution in [1.82, 2.24) is 0 Å². The van der Waals surface area contributed by atoms with Crippen LogP contribution in [0.5, 0.6) is 0 Å². The summed E-state index contributed by atoms with van der Waals surface area (Å²) in [7, 11) is 0. The quantitative estimate of drug-likeness (QED) is 0.0601. The van der Waals surface area contributed by atoms with Crippen molar-refractivity contribution in [2.24, 2.45) is 17.8 Å². The van der Waals surface area contributed by atoms with Crippen LogP contribution in [-0.4, -0.2) is 6.29 Å². The van der Waals surface area contributed by atoms with Crippen molar-refractivity contribution in [2.45, 2.75) is 226 Å². The summed E-state index contributed by atoms with van der Waals surface area (Å²) in [5.41, 5.74) is 17.0. The van der Waals surface area contributed by atoms with Crippen LogP contribution in [0.4, 0.5) is 0 Å². The number of carbonyl (C=O) groups excluding carboxylic acids is 1. The first kappa shape index (κ1) is 59.6. The Kier molecular flexibility index (Phi) is 34.8. The highest BCUT2D eigenvalue weighted by Gasteiger charge is 2.27. The van der Waals surface area contributed by atoms with Crippen LogP contribution in [0, 0.1) is 17.8 Å². The van der Waals surface area contributed by atoms with Crippen molar-refractivity contribution in [3.63, 3.8) is 0 Å². The molecule has 0 aliphatic heterocycles. The molecule has 0 N–H and O–H groups in total. The van der Waals surface area contributed by atoms with Crippen LogP contribution in [0.25, 0.3) is 0 Å². The molecule has 0 aromatic carbocycles. The predicted octanol–water partition coefficient (Wildman–Crippen LogP) is 20.4. The Balaban J connectivity index is 6.71. The Hall–Kier alpha value is -3.45. The molecule has 0 fully saturated rings. The zero-order valence-corrected chi connectivity index (χ0v) is 44.3. The maximum absolute atomic E-state index is 13.4. The normalized spacial score (nSPS) is 15.2. The monoisotopic (exact) mass is 860 g/mol. The van der Waals surface area contributed by atoms with Crippen molar-refractivity contribution < 1.29 is 4.79 Å². The summed E-state index contributed by atoms with van der Waals surface area (Å²) in [5, 5.41) is 0. The second-order valence-electron chi connectivity index (χ2n) is 20.2. The van der Waals surface area contributed by atoms with Gasteiger partial charge in [0.15, 0.2) is 0 Å². The summed E-state index contributed by atoms with van der Waals surface area (Å²) in [6, 6.07) is 0. The van der Waals surface area contributed by atoms with Gasteiger partial charge in [0, 0.05) is 5.92 Å². The minimum atomic E-state index is -0.222. The van der Waals surface area contributed by atoms with Gasteiger partial charge < -0.3 is 0 Å². The highest BCUT2D eigenvalue weighted by Crippen LogP contribution is 2.33. The molecule has 63 heavy (non-hydrogen) atoms. The SMILES string of the molecule is CC(C)=CCCC(C)=CCCC(C)=CCC(C=C(C)CCC=C(C)CCC=C(C)C)C([C]=O)C(C=C(C)CCC=C(C)CCC=C(C)C)CC=C(C)CCC=C(C)CCC=C(C)C. The van der Waals surface area contributed by atoms with Gasteiger partial charge in [-0.1, -0.05) is 140 Å². The van der Waals surface area contributed by atoms with Crippen LogP contribution in [0.15, 0.2) is 140 Å². The molecular weight excluding hydrogens is 761 g/mol. The lowest BCUT2D eigenvalue weighted by Crippen LogP contribution is -2.23. The molecule has 0 aliphatic rings. The number of allylic oxidation sites excluding steroid dienone is 24. The molecule has 1 nitrogen and oxygen atoms in total. The van der Waals surface area contributed by atoms with Gasteiger partial charge in [-0.15, -0.1) is 0 Å². The molecule has 0 rings (SSSR count). The molecular formula is C62H99O. The van der Waals surface area contributed by atoms with Gasteiger partial charge in [-0.2, -0.15) is 0 Å². The van der Waals surface area contributed by atoms with Crippen LogP contribution in [-0.2, 0) is 4.79 Å². The molecule has 1 heteroatoms. The van der Waals surface area contributed by atoms with Crippen molar-refractivity contribution >= 4 is 6.29 Å². The largest absolute Gasteiger partial charge is 0.291 e. The fourth-order valence-corrected chi connectivity index (χ4v) is 7.85. The molecule has 0 aromatic rings. The van der Waals surface area contributed by atoms with Gasteiger partial charge >= 0.3 is 0 Å². The van der Waals surface area contributed by atoms with Crippen LogP contribution < -0.4 is 0 Å². The topological polar surface area (TPSA) is 17.1 Å². The van der Waals surface area contributed by atoms with Crippen molar-refractivity contribution in [3.8, 4) is 0 Å². The fourth-order valence-electron chi connectivity index (χ4n) is 7.85. The first-order valence-electron chi connectivity index (χ1n) is 25.0. The van der Waals surface area contributed by atoms with E-state index in [0.29, 0.717) is 0 Å². The van der Waals surface area contributed by atoms with E-state index in [1.807, 2.05) is 0 Å². The molecule has 0 heterocycles. The van der Waals surface area contributed by atoms with E-state index in [9.17, 15) is 4.79 Å². The van der Waals surface area contributed by atoms with Gasteiger partial charge in [0.25, 0.3) is 0 Å². The molecule has 2 unspecified atom stereocenters. The lowest BCUT2D eigenvalue weighted by Gasteiger charge is -2.26. The minimum Gasteiger partial charge on any atom is -0.291 e. The molecule has 1 radical (unpaired) electrons. The van der Waals surface area contributed by atoms with Crippen LogP contribution in [0.3, 0.4) is 0 Å². The zero-order chi connectivity index (χ0) is 47.6. The minimum absolute atomic E-state index is 0.0907. The molecule has 0 aliphatic carbocycles. The van der Waals surface area contributed by atoms with E-state index in [1.165, 1.54) is 66.9 Å². The Morgan fingerprint density at radius 3 is 0.730 bits per heavy atom. The van der Waals surface area contributed by atoms with Gasteiger partial charge in [-0.05, 0) is 238 Å². The number of hydrogen-bond acceptors (Lipinski definition) is 1. The zero-order valence-electron chi connectivity index (χ0n) is 44.3. The summed E-state index contributed by atoms with van der Waals surface area (Å²) in [6.07, 6.45) is 50.5. The average molecular weight is 860 g/mol. The standard InChI is InChI=1S/C62H99O/c1-48(2)25-17-29-52(9)33-21-37-56(13)41-43-60(45-58(15)39-23-35-54(11)31-19-27-50(5)6)62(47-63)61(46-59(16)40-24-36-55(12)32-20-28-51(7)8)44-42-57(14)38-22-34-53(10)30-18-26-49(3)4/h25-28,33-36,41-42,45-46,60-62H,17-24,29-32,37-40,43-44H2,1-16H3. The molecule has 0 spiro atoms. The lowest BCUT2D eigenvalue weighted by molar-refractivity contribution is 0.374. The van der Waals surface area contributed by atoms with E-state index in [0.717, 1.165) is 116 Å².